The Morgan fingerprint density at radius 2 is 1.38 bits per heavy atom. The van der Waals surface area contributed by atoms with Gasteiger partial charge < -0.3 is 4.74 Å². The molecule has 0 radical (unpaired) electrons. The van der Waals surface area contributed by atoms with Gasteiger partial charge in [-0.25, -0.2) is 0 Å². The average molecular weight is 298 g/mol. The van der Waals surface area contributed by atoms with E-state index in [9.17, 15) is 9.59 Å². The molecule has 0 amide bonds. The SMILES string of the molecule is CCCCCOC(=O)[C@@H](CCCCC)C(=O)CCCCC. The quantitative estimate of drug-likeness (QED) is 0.255. The Bertz CT molecular complexity index is 274. The zero-order valence-electron chi connectivity index (χ0n) is 14.3. The molecule has 0 unspecified atom stereocenters. The van der Waals surface area contributed by atoms with E-state index in [2.05, 4.69) is 20.8 Å². The first kappa shape index (κ1) is 20.1. The molecule has 0 saturated carbocycles. The van der Waals surface area contributed by atoms with Crippen molar-refractivity contribution in [1.82, 2.24) is 0 Å². The van der Waals surface area contributed by atoms with Crippen molar-refractivity contribution < 1.29 is 14.3 Å². The van der Waals surface area contributed by atoms with Gasteiger partial charge in [0.15, 0.2) is 0 Å². The molecular weight excluding hydrogens is 264 g/mol. The molecule has 3 nitrogen and oxygen atoms in total. The molecule has 0 aromatic rings. The van der Waals surface area contributed by atoms with Gasteiger partial charge in [0.2, 0.25) is 0 Å². The number of rotatable bonds is 14. The van der Waals surface area contributed by atoms with Gasteiger partial charge in [-0.1, -0.05) is 65.7 Å². The number of carbonyl (C=O) groups is 2. The van der Waals surface area contributed by atoms with Gasteiger partial charge >= 0.3 is 5.97 Å². The summed E-state index contributed by atoms with van der Waals surface area (Å²) >= 11 is 0. The van der Waals surface area contributed by atoms with Crippen LogP contribution >= 0.6 is 0 Å². The molecule has 0 fully saturated rings. The van der Waals surface area contributed by atoms with Crippen LogP contribution in [-0.4, -0.2) is 18.4 Å². The minimum absolute atomic E-state index is 0.0834. The van der Waals surface area contributed by atoms with E-state index in [1.807, 2.05) is 0 Å². The molecule has 124 valence electrons. The molecule has 21 heavy (non-hydrogen) atoms. The van der Waals surface area contributed by atoms with Crippen molar-refractivity contribution in [2.24, 2.45) is 5.92 Å². The van der Waals surface area contributed by atoms with Gasteiger partial charge in [0, 0.05) is 6.42 Å². The van der Waals surface area contributed by atoms with Gasteiger partial charge in [0.1, 0.15) is 11.7 Å². The highest BCUT2D eigenvalue weighted by Crippen LogP contribution is 2.17. The number of ether oxygens (including phenoxy) is 1. The summed E-state index contributed by atoms with van der Waals surface area (Å²) in [7, 11) is 0. The van der Waals surface area contributed by atoms with E-state index >= 15 is 0 Å². The van der Waals surface area contributed by atoms with E-state index in [-0.39, 0.29) is 11.8 Å². The van der Waals surface area contributed by atoms with E-state index < -0.39 is 5.92 Å². The summed E-state index contributed by atoms with van der Waals surface area (Å²) in [6.45, 7) is 6.82. The lowest BCUT2D eigenvalue weighted by Crippen LogP contribution is -2.26. The Kier molecular flexibility index (Phi) is 13.5. The molecule has 0 heterocycles. The highest BCUT2D eigenvalue weighted by atomic mass is 16.5. The summed E-state index contributed by atoms with van der Waals surface area (Å²) in [5.41, 5.74) is 0. The maximum Gasteiger partial charge on any atom is 0.316 e. The fourth-order valence-electron chi connectivity index (χ4n) is 2.36. The molecule has 1 atom stereocenters. The second-order valence-corrected chi connectivity index (χ2v) is 5.85. The number of hydrogen-bond acceptors (Lipinski definition) is 3. The summed E-state index contributed by atoms with van der Waals surface area (Å²) in [6, 6.07) is 0. The molecule has 0 spiro atoms. The van der Waals surface area contributed by atoms with Crippen LogP contribution in [0, 0.1) is 5.92 Å². The predicted molar refractivity (Wildman–Crippen MR) is 87.3 cm³/mol. The maximum absolute atomic E-state index is 12.2. The number of hydrogen-bond donors (Lipinski definition) is 0. The van der Waals surface area contributed by atoms with Crippen LogP contribution in [0.1, 0.15) is 91.4 Å². The van der Waals surface area contributed by atoms with Crippen molar-refractivity contribution in [3.8, 4) is 0 Å². The minimum Gasteiger partial charge on any atom is -0.465 e. The fraction of sp³-hybridized carbons (Fsp3) is 0.889. The van der Waals surface area contributed by atoms with Gasteiger partial charge in [-0.15, -0.1) is 0 Å². The first-order valence-corrected chi connectivity index (χ1v) is 8.86. The van der Waals surface area contributed by atoms with Crippen molar-refractivity contribution >= 4 is 11.8 Å². The van der Waals surface area contributed by atoms with Crippen LogP contribution < -0.4 is 0 Å². The van der Waals surface area contributed by atoms with Crippen molar-refractivity contribution in [3.63, 3.8) is 0 Å². The summed E-state index contributed by atoms with van der Waals surface area (Å²) < 4.78 is 5.30. The topological polar surface area (TPSA) is 43.4 Å². The second-order valence-electron chi connectivity index (χ2n) is 5.85. The molecular formula is C18H34O3. The minimum atomic E-state index is -0.518. The third kappa shape index (κ3) is 10.5. The van der Waals surface area contributed by atoms with E-state index in [0.717, 1.165) is 57.8 Å². The normalized spacial score (nSPS) is 12.1. The zero-order valence-corrected chi connectivity index (χ0v) is 14.3. The Labute approximate surface area is 130 Å². The van der Waals surface area contributed by atoms with Gasteiger partial charge in [0.05, 0.1) is 6.61 Å². The van der Waals surface area contributed by atoms with Crippen LogP contribution in [-0.2, 0) is 14.3 Å². The lowest BCUT2D eigenvalue weighted by atomic mass is 9.93. The Balaban J connectivity index is 4.27. The maximum atomic E-state index is 12.2. The number of ketones is 1. The standard InChI is InChI=1S/C18H34O3/c1-4-7-10-13-16(17(19)14-11-8-5-2)18(20)21-15-12-9-6-3/h16H,4-15H2,1-3H3/t16-/m0/s1. The van der Waals surface area contributed by atoms with Gasteiger partial charge in [-0.2, -0.15) is 0 Å². The van der Waals surface area contributed by atoms with Crippen LogP contribution in [0.3, 0.4) is 0 Å². The van der Waals surface area contributed by atoms with Crippen molar-refractivity contribution in [1.29, 1.82) is 0 Å². The van der Waals surface area contributed by atoms with E-state index in [1.165, 1.54) is 0 Å². The van der Waals surface area contributed by atoms with E-state index in [4.69, 9.17) is 4.74 Å². The van der Waals surface area contributed by atoms with Crippen LogP contribution in [0.25, 0.3) is 0 Å². The molecule has 3 heteroatoms. The summed E-state index contributed by atoms with van der Waals surface area (Å²) in [6.07, 6.45) is 10.4. The summed E-state index contributed by atoms with van der Waals surface area (Å²) in [5.74, 6) is -0.723. The third-order valence-corrected chi connectivity index (χ3v) is 3.79. The number of unbranched alkanes of at least 4 members (excludes halogenated alkanes) is 6. The van der Waals surface area contributed by atoms with Gasteiger partial charge in [-0.3, -0.25) is 9.59 Å². The molecule has 0 aromatic heterocycles. The van der Waals surface area contributed by atoms with Gasteiger partial charge in [-0.05, 0) is 19.3 Å². The monoisotopic (exact) mass is 298 g/mol. The molecule has 0 aliphatic rings. The lowest BCUT2D eigenvalue weighted by Gasteiger charge is -2.15. The number of Topliss-reactive ketones (excluding diaryl/α,β-unsaturated/α-hetero) is 1. The first-order chi connectivity index (χ1) is 10.2. The van der Waals surface area contributed by atoms with Crippen LogP contribution in [0.2, 0.25) is 0 Å². The highest BCUT2D eigenvalue weighted by molar-refractivity contribution is 5.98. The largest absolute Gasteiger partial charge is 0.465 e. The van der Waals surface area contributed by atoms with Gasteiger partial charge in [0.25, 0.3) is 0 Å². The molecule has 0 N–H and O–H groups in total. The van der Waals surface area contributed by atoms with E-state index in [0.29, 0.717) is 19.4 Å². The smallest absolute Gasteiger partial charge is 0.316 e. The Morgan fingerprint density at radius 1 is 0.810 bits per heavy atom. The lowest BCUT2D eigenvalue weighted by molar-refractivity contribution is -0.152. The first-order valence-electron chi connectivity index (χ1n) is 8.86. The van der Waals surface area contributed by atoms with Crippen molar-refractivity contribution in [2.75, 3.05) is 6.61 Å². The van der Waals surface area contributed by atoms with Crippen LogP contribution in [0.4, 0.5) is 0 Å². The summed E-state index contributed by atoms with van der Waals surface area (Å²) in [4.78, 5) is 24.4. The predicted octanol–water partition coefficient (Wildman–Crippen LogP) is 5.07. The molecule has 0 aliphatic carbocycles. The highest BCUT2D eigenvalue weighted by Gasteiger charge is 2.26. The number of esters is 1. The molecule has 0 saturated heterocycles. The fourth-order valence-corrected chi connectivity index (χ4v) is 2.36. The number of carbonyl (C=O) groups excluding carboxylic acids is 2. The molecule has 0 bridgehead atoms. The molecule has 0 aliphatic heterocycles. The third-order valence-electron chi connectivity index (χ3n) is 3.79. The van der Waals surface area contributed by atoms with Crippen molar-refractivity contribution in [3.05, 3.63) is 0 Å². The molecule has 0 rings (SSSR count). The van der Waals surface area contributed by atoms with Crippen molar-refractivity contribution in [2.45, 2.75) is 91.4 Å². The Hall–Kier alpha value is -0.860. The van der Waals surface area contributed by atoms with Crippen LogP contribution in [0.5, 0.6) is 0 Å². The zero-order chi connectivity index (χ0) is 15.9. The molecule has 0 aromatic carbocycles. The van der Waals surface area contributed by atoms with Crippen LogP contribution in [0.15, 0.2) is 0 Å². The Morgan fingerprint density at radius 3 is 2.00 bits per heavy atom. The average Bonchev–Trinajstić information content (AvgIpc) is 2.48. The van der Waals surface area contributed by atoms with E-state index in [1.54, 1.807) is 0 Å². The second kappa shape index (κ2) is 14.1. The summed E-state index contributed by atoms with van der Waals surface area (Å²) in [5, 5.41) is 0.